The highest BCUT2D eigenvalue weighted by molar-refractivity contribution is 5.35. The Balaban J connectivity index is 1.49. The molecule has 1 fully saturated rings. The molecule has 0 unspecified atom stereocenters. The van der Waals surface area contributed by atoms with Crippen LogP contribution in [0, 0.1) is 13.8 Å². The van der Waals surface area contributed by atoms with Crippen molar-refractivity contribution in [2.24, 2.45) is 0 Å². The Labute approximate surface area is 117 Å². The van der Waals surface area contributed by atoms with Crippen molar-refractivity contribution in [3.05, 3.63) is 29.3 Å². The van der Waals surface area contributed by atoms with Crippen molar-refractivity contribution in [3.63, 3.8) is 0 Å². The number of aryl methyl sites for hydroxylation is 2. The van der Waals surface area contributed by atoms with Gasteiger partial charge in [0, 0.05) is 6.04 Å². The predicted octanol–water partition coefficient (Wildman–Crippen LogP) is 3.99. The van der Waals surface area contributed by atoms with Crippen molar-refractivity contribution in [2.75, 3.05) is 13.2 Å². The summed E-state index contributed by atoms with van der Waals surface area (Å²) in [5.41, 5.74) is 2.51. The highest BCUT2D eigenvalue weighted by Crippen LogP contribution is 2.20. The lowest BCUT2D eigenvalue weighted by Gasteiger charge is -2.10. The highest BCUT2D eigenvalue weighted by Gasteiger charge is 2.19. The van der Waals surface area contributed by atoms with Gasteiger partial charge in [0.25, 0.3) is 0 Å². The lowest BCUT2D eigenvalue weighted by atomic mass is 10.1. The Morgan fingerprint density at radius 2 is 1.89 bits per heavy atom. The molecule has 2 heteroatoms. The zero-order valence-corrected chi connectivity index (χ0v) is 12.4. The Morgan fingerprint density at radius 3 is 2.68 bits per heavy atom. The third kappa shape index (κ3) is 5.65. The van der Waals surface area contributed by atoms with Crippen molar-refractivity contribution in [2.45, 2.75) is 58.4 Å². The van der Waals surface area contributed by atoms with E-state index in [4.69, 9.17) is 4.74 Å². The first-order valence-electron chi connectivity index (χ1n) is 7.69. The molecule has 0 atom stereocenters. The van der Waals surface area contributed by atoms with Crippen LogP contribution in [-0.4, -0.2) is 19.2 Å². The van der Waals surface area contributed by atoms with Crippen LogP contribution in [0.25, 0.3) is 0 Å². The van der Waals surface area contributed by atoms with Crippen LogP contribution in [0.5, 0.6) is 5.75 Å². The van der Waals surface area contributed by atoms with Gasteiger partial charge in [-0.05, 0) is 63.3 Å². The molecule has 0 aromatic heterocycles. The van der Waals surface area contributed by atoms with Crippen molar-refractivity contribution in [1.82, 2.24) is 5.32 Å². The van der Waals surface area contributed by atoms with Gasteiger partial charge in [-0.1, -0.05) is 25.0 Å². The number of nitrogens with one attached hydrogen (secondary N) is 1. The minimum absolute atomic E-state index is 0.848. The van der Waals surface area contributed by atoms with Crippen molar-refractivity contribution in [1.29, 1.82) is 0 Å². The van der Waals surface area contributed by atoms with E-state index >= 15 is 0 Å². The van der Waals surface area contributed by atoms with E-state index in [0.29, 0.717) is 0 Å². The molecule has 0 spiro atoms. The average molecular weight is 261 g/mol. The van der Waals surface area contributed by atoms with Gasteiger partial charge in [0.15, 0.2) is 0 Å². The maximum absolute atomic E-state index is 5.86. The summed E-state index contributed by atoms with van der Waals surface area (Å²) in [4.78, 5) is 0. The van der Waals surface area contributed by atoms with E-state index in [-0.39, 0.29) is 0 Å². The van der Waals surface area contributed by atoms with Crippen LogP contribution in [0.3, 0.4) is 0 Å². The minimum Gasteiger partial charge on any atom is -0.493 e. The van der Waals surface area contributed by atoms with Crippen LogP contribution >= 0.6 is 0 Å². The predicted molar refractivity (Wildman–Crippen MR) is 80.9 cm³/mol. The lowest BCUT2D eigenvalue weighted by Crippen LogP contribution is -2.17. The maximum Gasteiger partial charge on any atom is 0.122 e. The Morgan fingerprint density at radius 1 is 1.11 bits per heavy atom. The number of rotatable bonds is 9. The molecule has 0 bridgehead atoms. The molecule has 2 nitrogen and oxygen atoms in total. The van der Waals surface area contributed by atoms with Gasteiger partial charge in [-0.15, -0.1) is 0 Å². The average Bonchev–Trinajstić information content (AvgIpc) is 3.20. The van der Waals surface area contributed by atoms with Crippen LogP contribution < -0.4 is 10.1 Å². The molecule has 0 amide bonds. The third-order valence-corrected chi connectivity index (χ3v) is 3.68. The van der Waals surface area contributed by atoms with Gasteiger partial charge in [0.1, 0.15) is 5.75 Å². The first-order chi connectivity index (χ1) is 9.25. The van der Waals surface area contributed by atoms with E-state index in [2.05, 4.69) is 37.4 Å². The topological polar surface area (TPSA) is 21.3 Å². The Hall–Kier alpha value is -1.02. The fourth-order valence-corrected chi connectivity index (χ4v) is 2.22. The summed E-state index contributed by atoms with van der Waals surface area (Å²) in [5.74, 6) is 1.05. The van der Waals surface area contributed by atoms with E-state index < -0.39 is 0 Å². The van der Waals surface area contributed by atoms with Crippen molar-refractivity contribution in [3.8, 4) is 5.75 Å². The quantitative estimate of drug-likeness (QED) is 0.679. The molecule has 0 radical (unpaired) electrons. The fraction of sp³-hybridized carbons (Fsp3) is 0.647. The second-order valence-electron chi connectivity index (χ2n) is 5.76. The number of hydrogen-bond donors (Lipinski definition) is 1. The molecule has 1 aromatic carbocycles. The van der Waals surface area contributed by atoms with Gasteiger partial charge in [-0.3, -0.25) is 0 Å². The molecule has 1 aliphatic rings. The first-order valence-corrected chi connectivity index (χ1v) is 7.69. The number of benzene rings is 1. The zero-order valence-electron chi connectivity index (χ0n) is 12.4. The summed E-state index contributed by atoms with van der Waals surface area (Å²) in [6.45, 7) is 6.26. The molecule has 1 N–H and O–H groups in total. The highest BCUT2D eigenvalue weighted by atomic mass is 16.5. The summed E-state index contributed by atoms with van der Waals surface area (Å²) < 4.78 is 5.86. The van der Waals surface area contributed by atoms with Gasteiger partial charge in [0.2, 0.25) is 0 Å². The van der Waals surface area contributed by atoms with E-state index in [1.807, 2.05) is 0 Å². The molecule has 106 valence electrons. The lowest BCUT2D eigenvalue weighted by molar-refractivity contribution is 0.302. The normalized spacial score (nSPS) is 14.6. The van der Waals surface area contributed by atoms with Crippen LogP contribution in [0.1, 0.15) is 49.7 Å². The van der Waals surface area contributed by atoms with Gasteiger partial charge in [-0.25, -0.2) is 0 Å². The molecule has 1 aromatic rings. The summed E-state index contributed by atoms with van der Waals surface area (Å²) in [6.07, 6.45) is 7.84. The van der Waals surface area contributed by atoms with Crippen molar-refractivity contribution >= 4 is 0 Å². The molecule has 2 rings (SSSR count). The second-order valence-corrected chi connectivity index (χ2v) is 5.76. The Kier molecular flexibility index (Phi) is 5.71. The minimum atomic E-state index is 0.848. The number of hydrogen-bond acceptors (Lipinski definition) is 2. The van der Waals surface area contributed by atoms with Crippen LogP contribution in [0.15, 0.2) is 18.2 Å². The fourth-order valence-electron chi connectivity index (χ4n) is 2.22. The third-order valence-electron chi connectivity index (χ3n) is 3.68. The standard InChI is InChI=1S/C17H27NO/c1-14-7-8-15(2)17(13-14)19-12-6-4-3-5-11-18-16-9-10-16/h7-8,13,16,18H,3-6,9-12H2,1-2H3. The van der Waals surface area contributed by atoms with E-state index in [1.54, 1.807) is 0 Å². The van der Waals surface area contributed by atoms with E-state index in [9.17, 15) is 0 Å². The van der Waals surface area contributed by atoms with Crippen molar-refractivity contribution < 1.29 is 4.74 Å². The molecule has 0 saturated heterocycles. The summed E-state index contributed by atoms with van der Waals surface area (Å²) in [7, 11) is 0. The molecule has 19 heavy (non-hydrogen) atoms. The van der Waals surface area contributed by atoms with Crippen LogP contribution in [-0.2, 0) is 0 Å². The van der Waals surface area contributed by atoms with E-state index in [1.165, 1.54) is 49.8 Å². The Bertz CT molecular complexity index is 385. The molecular weight excluding hydrogens is 234 g/mol. The van der Waals surface area contributed by atoms with Gasteiger partial charge < -0.3 is 10.1 Å². The molecule has 0 heterocycles. The van der Waals surface area contributed by atoms with Gasteiger partial charge >= 0.3 is 0 Å². The number of ether oxygens (including phenoxy) is 1. The molecule has 0 aliphatic heterocycles. The second kappa shape index (κ2) is 7.54. The number of unbranched alkanes of at least 4 members (excludes halogenated alkanes) is 3. The van der Waals surface area contributed by atoms with Gasteiger partial charge in [0.05, 0.1) is 6.61 Å². The molecule has 1 aliphatic carbocycles. The zero-order chi connectivity index (χ0) is 13.5. The van der Waals surface area contributed by atoms with Crippen LogP contribution in [0.4, 0.5) is 0 Å². The first kappa shape index (κ1) is 14.4. The summed E-state index contributed by atoms with van der Waals surface area (Å²) in [6, 6.07) is 7.26. The largest absolute Gasteiger partial charge is 0.493 e. The smallest absolute Gasteiger partial charge is 0.122 e. The molecular formula is C17H27NO. The van der Waals surface area contributed by atoms with E-state index in [0.717, 1.165) is 24.8 Å². The summed E-state index contributed by atoms with van der Waals surface area (Å²) in [5, 5.41) is 3.56. The van der Waals surface area contributed by atoms with Gasteiger partial charge in [-0.2, -0.15) is 0 Å². The molecule has 1 saturated carbocycles. The van der Waals surface area contributed by atoms with Crippen LogP contribution in [0.2, 0.25) is 0 Å². The SMILES string of the molecule is Cc1ccc(C)c(OCCCCCCNC2CC2)c1. The monoisotopic (exact) mass is 261 g/mol. The summed E-state index contributed by atoms with van der Waals surface area (Å²) >= 11 is 0. The maximum atomic E-state index is 5.86.